The van der Waals surface area contributed by atoms with Crippen LogP contribution in [0.4, 0.5) is 11.5 Å². The predicted octanol–water partition coefficient (Wildman–Crippen LogP) is 3.89. The summed E-state index contributed by atoms with van der Waals surface area (Å²) >= 11 is 0. The highest BCUT2D eigenvalue weighted by atomic mass is 16.4. The van der Waals surface area contributed by atoms with Gasteiger partial charge in [0.05, 0.1) is 11.1 Å². The van der Waals surface area contributed by atoms with Crippen molar-refractivity contribution in [1.29, 1.82) is 0 Å². The van der Waals surface area contributed by atoms with Crippen molar-refractivity contribution in [2.75, 3.05) is 29.9 Å². The van der Waals surface area contributed by atoms with Crippen molar-refractivity contribution in [1.82, 2.24) is 4.98 Å². The summed E-state index contributed by atoms with van der Waals surface area (Å²) in [6.07, 6.45) is 0.848. The molecular weight excluding hydrogens is 364 g/mol. The molecule has 6 nitrogen and oxygen atoms in total. The van der Waals surface area contributed by atoms with Crippen molar-refractivity contribution in [3.8, 4) is 0 Å². The van der Waals surface area contributed by atoms with E-state index < -0.39 is 5.97 Å². The van der Waals surface area contributed by atoms with Crippen LogP contribution in [0, 0.1) is 0 Å². The number of carboxylic acid groups (broad SMARTS) is 1. The van der Waals surface area contributed by atoms with Gasteiger partial charge in [0, 0.05) is 43.3 Å². The van der Waals surface area contributed by atoms with Crippen LogP contribution in [0.3, 0.4) is 0 Å². The molecule has 0 amide bonds. The minimum Gasteiger partial charge on any atom is -0.478 e. The number of anilines is 2. The first kappa shape index (κ1) is 20.6. The number of hydrogen-bond acceptors (Lipinski definition) is 5. The van der Waals surface area contributed by atoms with E-state index in [2.05, 4.69) is 24.1 Å². The van der Waals surface area contributed by atoms with Gasteiger partial charge in [0.2, 0.25) is 0 Å². The lowest BCUT2D eigenvalue weighted by molar-refractivity contribution is 0.0696. The van der Waals surface area contributed by atoms with Crippen molar-refractivity contribution in [3.05, 3.63) is 65.2 Å². The summed E-state index contributed by atoms with van der Waals surface area (Å²) in [5.41, 5.74) is 10.1. The van der Waals surface area contributed by atoms with Gasteiger partial charge in [0.1, 0.15) is 5.82 Å². The second-order valence-corrected chi connectivity index (χ2v) is 6.92. The van der Waals surface area contributed by atoms with Crippen molar-refractivity contribution < 1.29 is 9.90 Å². The molecule has 3 rings (SSSR count). The fraction of sp³-hybridized carbons (Fsp3) is 0.304. The Morgan fingerprint density at radius 1 is 1.14 bits per heavy atom. The minimum absolute atomic E-state index is 0.310. The smallest absolute Gasteiger partial charge is 0.335 e. The number of para-hydroxylation sites is 1. The first-order valence-electron chi connectivity index (χ1n) is 10.0. The molecule has 2 aromatic carbocycles. The highest BCUT2D eigenvalue weighted by Gasteiger charge is 2.14. The third-order valence-corrected chi connectivity index (χ3v) is 5.06. The lowest BCUT2D eigenvalue weighted by atomic mass is 10.0. The van der Waals surface area contributed by atoms with Crippen molar-refractivity contribution in [3.63, 3.8) is 0 Å². The molecule has 1 aromatic heterocycles. The Kier molecular flexibility index (Phi) is 6.67. The minimum atomic E-state index is -0.908. The van der Waals surface area contributed by atoms with Gasteiger partial charge in [-0.3, -0.25) is 0 Å². The van der Waals surface area contributed by atoms with Gasteiger partial charge < -0.3 is 21.1 Å². The molecule has 0 bridgehead atoms. The molecule has 0 saturated carbocycles. The number of aryl methyl sites for hydroxylation is 1. The number of nitrogens with one attached hydrogen (secondary N) is 1. The average Bonchev–Trinajstić information content (AvgIpc) is 2.75. The number of aromatic carboxylic acids is 1. The van der Waals surface area contributed by atoms with Gasteiger partial charge in [-0.15, -0.1) is 0 Å². The Balaban J connectivity index is 2.01. The average molecular weight is 393 g/mol. The standard InChI is InChI=1S/C23H28N4O2/c1-3-16-9-10-17(23(28)29)13-18(16)15-27(4-2)22-14-21(25-12-11-24)19-7-5-6-8-20(19)26-22/h5-10,13-14H,3-4,11-12,15,24H2,1-2H3,(H,25,26)(H,28,29). The summed E-state index contributed by atoms with van der Waals surface area (Å²) in [5, 5.41) is 13.8. The van der Waals surface area contributed by atoms with Crippen LogP contribution in [0.15, 0.2) is 48.5 Å². The molecule has 0 radical (unpaired) electrons. The Labute approximate surface area is 171 Å². The summed E-state index contributed by atoms with van der Waals surface area (Å²) in [6, 6.07) is 15.4. The molecule has 0 spiro atoms. The number of fused-ring (bicyclic) bond motifs is 1. The molecule has 0 saturated heterocycles. The van der Waals surface area contributed by atoms with Crippen LogP contribution >= 0.6 is 0 Å². The van der Waals surface area contributed by atoms with Crippen LogP contribution in [0.1, 0.15) is 35.3 Å². The number of nitrogens with zero attached hydrogens (tertiary/aromatic N) is 2. The molecule has 0 aliphatic rings. The molecule has 29 heavy (non-hydrogen) atoms. The number of hydrogen-bond donors (Lipinski definition) is 3. The zero-order chi connectivity index (χ0) is 20.8. The van der Waals surface area contributed by atoms with Gasteiger partial charge in [0.15, 0.2) is 0 Å². The fourth-order valence-electron chi connectivity index (χ4n) is 3.49. The number of rotatable bonds is 9. The predicted molar refractivity (Wildman–Crippen MR) is 119 cm³/mol. The summed E-state index contributed by atoms with van der Waals surface area (Å²) in [4.78, 5) is 18.5. The number of aromatic nitrogens is 1. The van der Waals surface area contributed by atoms with E-state index in [9.17, 15) is 9.90 Å². The summed E-state index contributed by atoms with van der Waals surface area (Å²) in [7, 11) is 0. The highest BCUT2D eigenvalue weighted by Crippen LogP contribution is 2.28. The zero-order valence-corrected chi connectivity index (χ0v) is 17.0. The van der Waals surface area contributed by atoms with Crippen LogP contribution in [-0.2, 0) is 13.0 Å². The molecule has 6 heteroatoms. The Hall–Kier alpha value is -3.12. The molecule has 1 heterocycles. The maximum atomic E-state index is 11.4. The summed E-state index contributed by atoms with van der Waals surface area (Å²) in [6.45, 7) is 6.74. The number of carboxylic acids is 1. The molecule has 0 aliphatic carbocycles. The van der Waals surface area contributed by atoms with Crippen LogP contribution in [0.5, 0.6) is 0 Å². The summed E-state index contributed by atoms with van der Waals surface area (Å²) < 4.78 is 0. The van der Waals surface area contributed by atoms with Gasteiger partial charge in [-0.2, -0.15) is 0 Å². The normalized spacial score (nSPS) is 10.9. The second kappa shape index (κ2) is 9.39. The topological polar surface area (TPSA) is 91.5 Å². The molecule has 0 unspecified atom stereocenters. The summed E-state index contributed by atoms with van der Waals surface area (Å²) in [5.74, 6) is -0.0532. The third kappa shape index (κ3) is 4.66. The largest absolute Gasteiger partial charge is 0.478 e. The maximum absolute atomic E-state index is 11.4. The molecule has 0 aliphatic heterocycles. The van der Waals surface area contributed by atoms with Crippen LogP contribution in [-0.4, -0.2) is 35.7 Å². The number of carbonyl (C=O) groups is 1. The number of nitrogens with two attached hydrogens (primary N) is 1. The van der Waals surface area contributed by atoms with E-state index in [1.807, 2.05) is 36.4 Å². The van der Waals surface area contributed by atoms with Crippen LogP contribution in [0.25, 0.3) is 10.9 Å². The SMILES string of the molecule is CCc1ccc(C(=O)O)cc1CN(CC)c1cc(NCCN)c2ccccc2n1. The van der Waals surface area contributed by atoms with E-state index in [-0.39, 0.29) is 0 Å². The van der Waals surface area contributed by atoms with Gasteiger partial charge >= 0.3 is 5.97 Å². The highest BCUT2D eigenvalue weighted by molar-refractivity contribution is 5.93. The molecule has 0 fully saturated rings. The molecule has 3 aromatic rings. The Morgan fingerprint density at radius 2 is 1.93 bits per heavy atom. The van der Waals surface area contributed by atoms with Crippen molar-refractivity contribution >= 4 is 28.4 Å². The Bertz CT molecular complexity index is 1000. The monoisotopic (exact) mass is 392 g/mol. The van der Waals surface area contributed by atoms with E-state index in [0.29, 0.717) is 25.2 Å². The molecule has 4 N–H and O–H groups in total. The fourth-order valence-corrected chi connectivity index (χ4v) is 3.49. The van der Waals surface area contributed by atoms with E-state index in [1.165, 1.54) is 0 Å². The molecule has 0 atom stereocenters. The first-order chi connectivity index (χ1) is 14.1. The van der Waals surface area contributed by atoms with E-state index in [4.69, 9.17) is 10.7 Å². The zero-order valence-electron chi connectivity index (χ0n) is 17.0. The molecular formula is C23H28N4O2. The van der Waals surface area contributed by atoms with Crippen molar-refractivity contribution in [2.45, 2.75) is 26.8 Å². The van der Waals surface area contributed by atoms with Crippen LogP contribution < -0.4 is 16.0 Å². The van der Waals surface area contributed by atoms with Gasteiger partial charge in [-0.25, -0.2) is 9.78 Å². The number of benzene rings is 2. The first-order valence-corrected chi connectivity index (χ1v) is 10.0. The van der Waals surface area contributed by atoms with Crippen molar-refractivity contribution in [2.24, 2.45) is 5.73 Å². The second-order valence-electron chi connectivity index (χ2n) is 6.92. The number of pyridine rings is 1. The Morgan fingerprint density at radius 3 is 2.62 bits per heavy atom. The lowest BCUT2D eigenvalue weighted by Gasteiger charge is -2.25. The van der Waals surface area contributed by atoms with Crippen LogP contribution in [0.2, 0.25) is 0 Å². The third-order valence-electron chi connectivity index (χ3n) is 5.06. The van der Waals surface area contributed by atoms with Gasteiger partial charge in [0.25, 0.3) is 0 Å². The quantitative estimate of drug-likeness (QED) is 0.512. The van der Waals surface area contributed by atoms with Gasteiger partial charge in [-0.05, 0) is 42.7 Å². The van der Waals surface area contributed by atoms with E-state index in [0.717, 1.165) is 46.5 Å². The maximum Gasteiger partial charge on any atom is 0.335 e. The van der Waals surface area contributed by atoms with Gasteiger partial charge in [-0.1, -0.05) is 31.2 Å². The van der Waals surface area contributed by atoms with E-state index in [1.54, 1.807) is 12.1 Å². The van der Waals surface area contributed by atoms with E-state index >= 15 is 0 Å². The molecule has 152 valence electrons. The lowest BCUT2D eigenvalue weighted by Crippen LogP contribution is -2.24.